The fourth-order valence-corrected chi connectivity index (χ4v) is 4.79. The molecule has 6 heteroatoms. The minimum Gasteiger partial charge on any atom is -0.463 e. The molecule has 0 heterocycles. The maximum Gasteiger partial charge on any atom is 0.330 e. The second-order valence-electron chi connectivity index (χ2n) is 11.2. The van der Waals surface area contributed by atoms with Crippen molar-refractivity contribution < 1.29 is 23.9 Å². The van der Waals surface area contributed by atoms with Gasteiger partial charge in [0.2, 0.25) is 0 Å². The average Bonchev–Trinajstić information content (AvgIpc) is 2.72. The van der Waals surface area contributed by atoms with Crippen LogP contribution in [0.15, 0.2) is 36.5 Å². The summed E-state index contributed by atoms with van der Waals surface area (Å²) in [5.74, 6) is -0.276. The largest absolute Gasteiger partial charge is 0.463 e. The lowest BCUT2D eigenvalue weighted by Gasteiger charge is -2.42. The summed E-state index contributed by atoms with van der Waals surface area (Å²) in [4.78, 5) is 24.5. The number of ether oxygens (including phenoxy) is 1. The highest BCUT2D eigenvalue weighted by molar-refractivity contribution is 6.74. The van der Waals surface area contributed by atoms with Crippen molar-refractivity contribution in [1.29, 1.82) is 0 Å². The number of aliphatic hydroxyl groups excluding tert-OH is 1. The average molecular weight is 495 g/mol. The van der Waals surface area contributed by atoms with Gasteiger partial charge in [0, 0.05) is 12.0 Å². The molecule has 0 bridgehead atoms. The number of aliphatic hydroxyl groups is 1. The van der Waals surface area contributed by atoms with Crippen LogP contribution in [0.4, 0.5) is 0 Å². The number of esters is 1. The molecule has 0 aromatic rings. The van der Waals surface area contributed by atoms with Gasteiger partial charge in [-0.3, -0.25) is 4.79 Å². The molecular formula is C28H50O5Si. The van der Waals surface area contributed by atoms with Crippen LogP contribution in [0.2, 0.25) is 18.1 Å². The minimum absolute atomic E-state index is 0.00346. The maximum absolute atomic E-state index is 12.7. The van der Waals surface area contributed by atoms with E-state index in [4.69, 9.17) is 9.16 Å². The predicted molar refractivity (Wildman–Crippen MR) is 144 cm³/mol. The van der Waals surface area contributed by atoms with Crippen LogP contribution >= 0.6 is 0 Å². The number of hydrogen-bond donors (Lipinski definition) is 1. The van der Waals surface area contributed by atoms with Gasteiger partial charge in [0.05, 0.1) is 18.8 Å². The van der Waals surface area contributed by atoms with Gasteiger partial charge in [0.1, 0.15) is 0 Å². The normalized spacial score (nSPS) is 18.7. The van der Waals surface area contributed by atoms with Crippen LogP contribution in [0, 0.1) is 23.7 Å². The molecule has 0 fully saturated rings. The highest BCUT2D eigenvalue weighted by atomic mass is 28.4. The summed E-state index contributed by atoms with van der Waals surface area (Å²) >= 11 is 0. The Bertz CT molecular complexity index is 715. The van der Waals surface area contributed by atoms with E-state index in [1.807, 2.05) is 32.1 Å². The van der Waals surface area contributed by atoms with Crippen LogP contribution in [0.25, 0.3) is 0 Å². The van der Waals surface area contributed by atoms with E-state index in [1.165, 1.54) is 6.08 Å². The molecule has 0 radical (unpaired) electrons. The Kier molecular flexibility index (Phi) is 14.1. The molecule has 0 aliphatic carbocycles. The Morgan fingerprint density at radius 1 is 0.941 bits per heavy atom. The Morgan fingerprint density at radius 2 is 1.53 bits per heavy atom. The molecule has 0 saturated heterocycles. The van der Waals surface area contributed by atoms with E-state index >= 15 is 0 Å². The number of rotatable bonds is 14. The number of carbonyl (C=O) groups excluding carboxylic acids is 2. The molecule has 0 rings (SSSR count). The summed E-state index contributed by atoms with van der Waals surface area (Å²) in [6.45, 7) is 23.0. The zero-order valence-corrected chi connectivity index (χ0v) is 24.4. The van der Waals surface area contributed by atoms with Crippen molar-refractivity contribution in [2.45, 2.75) is 99.1 Å². The van der Waals surface area contributed by atoms with Gasteiger partial charge in [0.25, 0.3) is 0 Å². The van der Waals surface area contributed by atoms with E-state index in [0.717, 1.165) is 0 Å². The zero-order chi connectivity index (χ0) is 26.7. The molecule has 0 aromatic carbocycles. The molecule has 5 nitrogen and oxygen atoms in total. The van der Waals surface area contributed by atoms with E-state index in [1.54, 1.807) is 26.0 Å². The summed E-state index contributed by atoms with van der Waals surface area (Å²) in [5.41, 5.74) is 0. The molecule has 0 aromatic heterocycles. The van der Waals surface area contributed by atoms with Crippen molar-refractivity contribution in [2.75, 3.05) is 6.61 Å². The summed E-state index contributed by atoms with van der Waals surface area (Å²) in [5, 5.41) is 9.61. The van der Waals surface area contributed by atoms with Crippen LogP contribution in [-0.4, -0.2) is 44.0 Å². The Balaban J connectivity index is 5.48. The number of carbonyl (C=O) groups is 2. The second-order valence-corrected chi connectivity index (χ2v) is 15.9. The molecule has 0 aliphatic rings. The SMILES string of the molecule is CCOC(=O)/C=C/[C@H](C)[C@@H](O[Si](C)(C)C(C)(C)C)[C@@H](C)C[C@@H](C)C(=O)/C=C/C=C/[C@H](C)[C@@H](C)O. The monoisotopic (exact) mass is 494 g/mol. The molecule has 6 atom stereocenters. The summed E-state index contributed by atoms with van der Waals surface area (Å²) in [6.07, 6.45) is 10.6. The third kappa shape index (κ3) is 11.8. The Labute approximate surface area is 209 Å². The predicted octanol–water partition coefficient (Wildman–Crippen LogP) is 6.49. The molecule has 34 heavy (non-hydrogen) atoms. The van der Waals surface area contributed by atoms with Gasteiger partial charge in [-0.2, -0.15) is 0 Å². The highest BCUT2D eigenvalue weighted by Crippen LogP contribution is 2.40. The van der Waals surface area contributed by atoms with Crippen LogP contribution in [-0.2, 0) is 18.8 Å². The summed E-state index contributed by atoms with van der Waals surface area (Å²) in [6, 6.07) is 0. The first-order chi connectivity index (χ1) is 15.5. The van der Waals surface area contributed by atoms with E-state index < -0.39 is 14.4 Å². The number of hydrogen-bond acceptors (Lipinski definition) is 5. The molecule has 0 amide bonds. The van der Waals surface area contributed by atoms with Crippen LogP contribution in [0.3, 0.4) is 0 Å². The first kappa shape index (κ1) is 32.5. The third-order valence-electron chi connectivity index (χ3n) is 6.90. The Morgan fingerprint density at radius 3 is 2.03 bits per heavy atom. The summed E-state index contributed by atoms with van der Waals surface area (Å²) < 4.78 is 11.8. The van der Waals surface area contributed by atoms with Crippen molar-refractivity contribution in [3.05, 3.63) is 36.5 Å². The van der Waals surface area contributed by atoms with Crippen molar-refractivity contribution in [2.24, 2.45) is 23.7 Å². The van der Waals surface area contributed by atoms with Gasteiger partial charge in [0.15, 0.2) is 14.1 Å². The lowest BCUT2D eigenvalue weighted by molar-refractivity contribution is -0.137. The molecule has 196 valence electrons. The standard InChI is InChI=1S/C28H50O5Si/c1-12-32-26(31)18-17-21(3)27(33-34(10,11)28(7,8)9)23(5)19-22(4)25(30)16-14-13-15-20(2)24(6)29/h13-18,20-24,27,29H,12,19H2,1-11H3/b15-13+,16-14+,18-17+/t20-,21-,22+,23-,24+,27+/m0/s1. The van der Waals surface area contributed by atoms with Crippen LogP contribution < -0.4 is 0 Å². The van der Waals surface area contributed by atoms with E-state index in [9.17, 15) is 14.7 Å². The van der Waals surface area contributed by atoms with Crippen molar-refractivity contribution in [3.8, 4) is 0 Å². The first-order valence-corrected chi connectivity index (χ1v) is 15.5. The summed E-state index contributed by atoms with van der Waals surface area (Å²) in [7, 11) is -2.07. The van der Waals surface area contributed by atoms with Gasteiger partial charge in [-0.05, 0) is 62.2 Å². The lowest BCUT2D eigenvalue weighted by atomic mass is 9.85. The number of ketones is 1. The quantitative estimate of drug-likeness (QED) is 0.129. The van der Waals surface area contributed by atoms with Crippen LogP contribution in [0.5, 0.6) is 0 Å². The molecule has 0 aliphatic heterocycles. The van der Waals surface area contributed by atoms with Gasteiger partial charge in [-0.15, -0.1) is 0 Å². The molecule has 0 unspecified atom stereocenters. The topological polar surface area (TPSA) is 72.8 Å². The number of allylic oxidation sites excluding steroid dienone is 3. The first-order valence-electron chi connectivity index (χ1n) is 12.6. The highest BCUT2D eigenvalue weighted by Gasteiger charge is 2.41. The Hall–Kier alpha value is -1.50. The van der Waals surface area contributed by atoms with Gasteiger partial charge < -0.3 is 14.3 Å². The third-order valence-corrected chi connectivity index (χ3v) is 11.4. The van der Waals surface area contributed by atoms with E-state index in [0.29, 0.717) is 13.0 Å². The molecule has 1 N–H and O–H groups in total. The van der Waals surface area contributed by atoms with Crippen LogP contribution in [0.1, 0.15) is 68.7 Å². The van der Waals surface area contributed by atoms with Gasteiger partial charge >= 0.3 is 5.97 Å². The maximum atomic E-state index is 12.7. The van der Waals surface area contributed by atoms with Crippen molar-refractivity contribution in [1.82, 2.24) is 0 Å². The zero-order valence-electron chi connectivity index (χ0n) is 23.4. The van der Waals surface area contributed by atoms with Gasteiger partial charge in [-0.1, -0.05) is 72.8 Å². The van der Waals surface area contributed by atoms with E-state index in [2.05, 4.69) is 47.7 Å². The van der Waals surface area contributed by atoms with Gasteiger partial charge in [-0.25, -0.2) is 4.79 Å². The second kappa shape index (κ2) is 14.8. The smallest absolute Gasteiger partial charge is 0.330 e. The van der Waals surface area contributed by atoms with Crippen molar-refractivity contribution in [3.63, 3.8) is 0 Å². The fraction of sp³-hybridized carbons (Fsp3) is 0.714. The molecule has 0 spiro atoms. The van der Waals surface area contributed by atoms with Crippen molar-refractivity contribution >= 4 is 20.1 Å². The lowest BCUT2D eigenvalue weighted by Crippen LogP contribution is -2.47. The van der Waals surface area contributed by atoms with E-state index in [-0.39, 0.29) is 46.6 Å². The fourth-order valence-electron chi connectivity index (χ4n) is 3.31. The molecule has 0 saturated carbocycles. The molecular weight excluding hydrogens is 444 g/mol. The minimum atomic E-state index is -2.07.